The fourth-order valence-corrected chi connectivity index (χ4v) is 4.33. The van der Waals surface area contributed by atoms with Gasteiger partial charge in [-0.25, -0.2) is 0 Å². The van der Waals surface area contributed by atoms with E-state index in [-0.39, 0.29) is 5.91 Å². The van der Waals surface area contributed by atoms with Crippen molar-refractivity contribution in [1.29, 1.82) is 0 Å². The molecular weight excluding hydrogens is 402 g/mol. The first-order valence-corrected chi connectivity index (χ1v) is 10.6. The van der Waals surface area contributed by atoms with Crippen LogP contribution in [0.4, 0.5) is 0 Å². The number of nitrogens with one attached hydrogen (secondary N) is 1. The predicted molar refractivity (Wildman–Crippen MR) is 123 cm³/mol. The lowest BCUT2D eigenvalue weighted by molar-refractivity contribution is -0.141. The zero-order valence-corrected chi connectivity index (χ0v) is 17.9. The second-order valence-corrected chi connectivity index (χ2v) is 8.24. The lowest BCUT2D eigenvalue weighted by Crippen LogP contribution is -2.43. The van der Waals surface area contributed by atoms with Gasteiger partial charge in [-0.3, -0.25) is 19.5 Å². The Morgan fingerprint density at radius 3 is 2.66 bits per heavy atom. The van der Waals surface area contributed by atoms with Gasteiger partial charge in [-0.05, 0) is 48.7 Å². The molecule has 2 aromatic carbocycles. The summed E-state index contributed by atoms with van der Waals surface area (Å²) in [5, 5.41) is 13.5. The third kappa shape index (κ3) is 4.63. The average molecular weight is 428 g/mol. The number of carboxylic acid groups (broad SMARTS) is 1. The van der Waals surface area contributed by atoms with Crippen molar-refractivity contribution in [3.05, 3.63) is 77.0 Å². The van der Waals surface area contributed by atoms with Crippen LogP contribution in [0.1, 0.15) is 27.2 Å². The third-order valence-corrected chi connectivity index (χ3v) is 5.88. The number of nitrogens with zero attached hydrogens (tertiary/aromatic N) is 2. The maximum Gasteiger partial charge on any atom is 0.309 e. The molecule has 0 aliphatic carbocycles. The number of likely N-dealkylation sites (tertiary alicyclic amines) is 1. The van der Waals surface area contributed by atoms with Gasteiger partial charge in [0.2, 0.25) is 0 Å². The third-order valence-electron chi connectivity index (χ3n) is 5.88. The molecule has 0 bridgehead atoms. The molecule has 162 valence electrons. The molecule has 3 aromatic rings. The molecule has 6 heteroatoms. The Kier molecular flexibility index (Phi) is 6.20. The Hall–Kier alpha value is -3.69. The van der Waals surface area contributed by atoms with E-state index >= 15 is 0 Å². The van der Waals surface area contributed by atoms with Crippen molar-refractivity contribution >= 4 is 22.8 Å². The van der Waals surface area contributed by atoms with Crippen molar-refractivity contribution in [3.63, 3.8) is 0 Å². The molecule has 1 aromatic heterocycles. The molecule has 6 nitrogen and oxygen atoms in total. The summed E-state index contributed by atoms with van der Waals surface area (Å²) in [5.74, 6) is 0.657. The quantitative estimate of drug-likeness (QED) is 0.591. The fourth-order valence-electron chi connectivity index (χ4n) is 4.33. The largest absolute Gasteiger partial charge is 0.481 e. The van der Waals surface area contributed by atoms with Crippen LogP contribution in [0.2, 0.25) is 0 Å². The van der Waals surface area contributed by atoms with Crippen molar-refractivity contribution in [2.24, 2.45) is 5.92 Å². The molecule has 0 unspecified atom stereocenters. The first-order valence-electron chi connectivity index (χ1n) is 10.6. The highest BCUT2D eigenvalue weighted by Crippen LogP contribution is 2.22. The molecule has 0 spiro atoms. The van der Waals surface area contributed by atoms with Gasteiger partial charge in [0.05, 0.1) is 24.0 Å². The normalized spacial score (nSPS) is 18.4. The highest BCUT2D eigenvalue weighted by Gasteiger charge is 2.38. The minimum atomic E-state index is -0.926. The lowest BCUT2D eigenvalue weighted by atomic mass is 9.99. The number of hydrogen-bond acceptors (Lipinski definition) is 4. The highest BCUT2D eigenvalue weighted by molar-refractivity contribution is 5.95. The van der Waals surface area contributed by atoms with Crippen molar-refractivity contribution < 1.29 is 14.7 Å². The number of hydrogen-bond donors (Lipinski definition) is 2. The standard InChI is InChI=1S/C26H25N3O3/c1-3-12-29-15-22(26(31)32)24(16-29)28-25(30)19-10-8-18(9-11-19)14-20-13-17(2)27-23-7-5-4-6-21(20)23/h1,4-11,13,22,24H,12,14-16H2,2H3,(H,28,30)(H,31,32)/t22-,24+/m0/s1. The van der Waals surface area contributed by atoms with Gasteiger partial charge in [0.1, 0.15) is 0 Å². The molecule has 1 amide bonds. The Bertz CT molecular complexity index is 1200. The molecular formula is C26H25N3O3. The van der Waals surface area contributed by atoms with Gasteiger partial charge in [0.15, 0.2) is 0 Å². The average Bonchev–Trinajstić information content (AvgIpc) is 3.17. The number of rotatable bonds is 6. The molecule has 1 saturated heterocycles. The van der Waals surface area contributed by atoms with Gasteiger partial charge in [0, 0.05) is 29.7 Å². The van der Waals surface area contributed by atoms with Crippen LogP contribution in [0.25, 0.3) is 10.9 Å². The van der Waals surface area contributed by atoms with Crippen LogP contribution < -0.4 is 5.32 Å². The van der Waals surface area contributed by atoms with Crippen molar-refractivity contribution in [1.82, 2.24) is 15.2 Å². The summed E-state index contributed by atoms with van der Waals surface area (Å²) < 4.78 is 0. The smallest absolute Gasteiger partial charge is 0.309 e. The van der Waals surface area contributed by atoms with E-state index in [1.165, 1.54) is 5.56 Å². The molecule has 0 radical (unpaired) electrons. The van der Waals surface area contributed by atoms with E-state index in [1.807, 2.05) is 42.2 Å². The minimum Gasteiger partial charge on any atom is -0.481 e. The molecule has 32 heavy (non-hydrogen) atoms. The van der Waals surface area contributed by atoms with E-state index in [2.05, 4.69) is 28.4 Å². The van der Waals surface area contributed by atoms with E-state index in [1.54, 1.807) is 12.1 Å². The van der Waals surface area contributed by atoms with E-state index in [9.17, 15) is 14.7 Å². The van der Waals surface area contributed by atoms with E-state index in [0.29, 0.717) is 25.2 Å². The zero-order valence-electron chi connectivity index (χ0n) is 17.9. The van der Waals surface area contributed by atoms with Gasteiger partial charge >= 0.3 is 5.97 Å². The maximum atomic E-state index is 12.8. The van der Waals surface area contributed by atoms with Crippen LogP contribution >= 0.6 is 0 Å². The minimum absolute atomic E-state index is 0.277. The van der Waals surface area contributed by atoms with Crippen LogP contribution in [0.5, 0.6) is 0 Å². The summed E-state index contributed by atoms with van der Waals surface area (Å²) in [5.41, 5.74) is 4.72. The Morgan fingerprint density at radius 1 is 1.19 bits per heavy atom. The molecule has 2 heterocycles. The van der Waals surface area contributed by atoms with Gasteiger partial charge in [-0.15, -0.1) is 6.42 Å². The molecule has 2 atom stereocenters. The number of aromatic nitrogens is 1. The number of aryl methyl sites for hydroxylation is 1. The van der Waals surface area contributed by atoms with Gasteiger partial charge < -0.3 is 10.4 Å². The first kappa shape index (κ1) is 21.5. The Balaban J connectivity index is 1.47. The Morgan fingerprint density at radius 2 is 1.94 bits per heavy atom. The topological polar surface area (TPSA) is 82.5 Å². The summed E-state index contributed by atoms with van der Waals surface area (Å²) in [7, 11) is 0. The van der Waals surface area contributed by atoms with Crippen LogP contribution in [0, 0.1) is 25.2 Å². The molecule has 1 aliphatic heterocycles. The number of terminal acetylenes is 1. The van der Waals surface area contributed by atoms with Crippen LogP contribution in [-0.2, 0) is 11.2 Å². The monoisotopic (exact) mass is 427 g/mol. The molecule has 1 aliphatic rings. The molecule has 0 saturated carbocycles. The van der Waals surface area contributed by atoms with Gasteiger partial charge in [0.25, 0.3) is 5.91 Å². The zero-order chi connectivity index (χ0) is 22.7. The van der Waals surface area contributed by atoms with Crippen LogP contribution in [0.15, 0.2) is 54.6 Å². The summed E-state index contributed by atoms with van der Waals surface area (Å²) >= 11 is 0. The van der Waals surface area contributed by atoms with E-state index < -0.39 is 17.9 Å². The SMILES string of the molecule is C#CCN1C[C@H](C(=O)O)[C@H](NC(=O)c2ccc(Cc3cc(C)nc4ccccc34)cc2)C1. The number of benzene rings is 2. The number of carbonyl (C=O) groups excluding carboxylic acids is 1. The number of carboxylic acids is 1. The van der Waals surface area contributed by atoms with Crippen LogP contribution in [-0.4, -0.2) is 52.5 Å². The summed E-state index contributed by atoms with van der Waals surface area (Å²) in [6.07, 6.45) is 6.08. The maximum absolute atomic E-state index is 12.8. The predicted octanol–water partition coefficient (Wildman–Crippen LogP) is 2.88. The number of pyridine rings is 1. The number of aliphatic carboxylic acids is 1. The van der Waals surface area contributed by atoms with Crippen molar-refractivity contribution in [2.45, 2.75) is 19.4 Å². The van der Waals surface area contributed by atoms with E-state index in [4.69, 9.17) is 6.42 Å². The number of para-hydroxylation sites is 1. The van der Waals surface area contributed by atoms with Gasteiger partial charge in [-0.1, -0.05) is 36.3 Å². The van der Waals surface area contributed by atoms with Crippen molar-refractivity contribution in [2.75, 3.05) is 19.6 Å². The Labute approximate surface area is 187 Å². The summed E-state index contributed by atoms with van der Waals surface area (Å²) in [4.78, 5) is 30.8. The lowest BCUT2D eigenvalue weighted by Gasteiger charge is -2.17. The van der Waals surface area contributed by atoms with Gasteiger partial charge in [-0.2, -0.15) is 0 Å². The summed E-state index contributed by atoms with van der Waals surface area (Å²) in [6, 6.07) is 17.1. The van der Waals surface area contributed by atoms with Crippen LogP contribution in [0.3, 0.4) is 0 Å². The molecule has 1 fully saturated rings. The number of fused-ring (bicyclic) bond motifs is 1. The van der Waals surface area contributed by atoms with Crippen molar-refractivity contribution in [3.8, 4) is 12.3 Å². The fraction of sp³-hybridized carbons (Fsp3) is 0.269. The second kappa shape index (κ2) is 9.21. The molecule has 2 N–H and O–H groups in total. The number of carbonyl (C=O) groups is 2. The summed E-state index contributed by atoms with van der Waals surface area (Å²) in [6.45, 7) is 3.12. The highest BCUT2D eigenvalue weighted by atomic mass is 16.4. The van der Waals surface area contributed by atoms with E-state index in [0.717, 1.165) is 28.6 Å². The molecule has 4 rings (SSSR count). The number of amides is 1. The first-order chi connectivity index (χ1) is 15.4. The second-order valence-electron chi connectivity index (χ2n) is 8.24.